The molecule has 0 rings (SSSR count). The third-order valence-electron chi connectivity index (χ3n) is 2.08. The molecule has 84 valence electrons. The number of nitrogens with one attached hydrogen (secondary N) is 1. The molecule has 0 unspecified atom stereocenters. The SMILES string of the molecule is CCC/C=C(C)/C=C\C=C/C=C(\C)NC. The maximum atomic E-state index is 3.07. The van der Waals surface area contributed by atoms with Gasteiger partial charge in [0.25, 0.3) is 0 Å². The minimum absolute atomic E-state index is 1.16. The zero-order chi connectivity index (χ0) is 11.5. The van der Waals surface area contributed by atoms with Crippen LogP contribution >= 0.6 is 0 Å². The smallest absolute Gasteiger partial charge is 0.00724 e. The molecule has 0 bridgehead atoms. The van der Waals surface area contributed by atoms with E-state index in [0.29, 0.717) is 0 Å². The Morgan fingerprint density at radius 2 is 1.87 bits per heavy atom. The Labute approximate surface area is 94.3 Å². The highest BCUT2D eigenvalue weighted by Crippen LogP contribution is 1.99. The fourth-order valence-corrected chi connectivity index (χ4v) is 0.995. The van der Waals surface area contributed by atoms with Crippen molar-refractivity contribution in [3.63, 3.8) is 0 Å². The van der Waals surface area contributed by atoms with Gasteiger partial charge in [0.2, 0.25) is 0 Å². The van der Waals surface area contributed by atoms with E-state index in [9.17, 15) is 0 Å². The first-order valence-electron chi connectivity index (χ1n) is 5.56. The van der Waals surface area contributed by atoms with E-state index in [1.807, 2.05) is 26.1 Å². The molecule has 1 heteroatoms. The summed E-state index contributed by atoms with van der Waals surface area (Å²) in [5.74, 6) is 0. The monoisotopic (exact) mass is 205 g/mol. The first-order chi connectivity index (χ1) is 7.20. The van der Waals surface area contributed by atoms with E-state index in [1.165, 1.54) is 18.4 Å². The van der Waals surface area contributed by atoms with Crippen LogP contribution in [0.4, 0.5) is 0 Å². The summed E-state index contributed by atoms with van der Waals surface area (Å²) in [6, 6.07) is 0. The van der Waals surface area contributed by atoms with Gasteiger partial charge in [0.15, 0.2) is 0 Å². The van der Waals surface area contributed by atoms with Crippen molar-refractivity contribution >= 4 is 0 Å². The number of allylic oxidation sites excluding steroid dienone is 8. The van der Waals surface area contributed by atoms with Crippen LogP contribution in [0, 0.1) is 0 Å². The van der Waals surface area contributed by atoms with E-state index < -0.39 is 0 Å². The molecule has 1 nitrogen and oxygen atoms in total. The van der Waals surface area contributed by atoms with E-state index in [1.54, 1.807) is 0 Å². The summed E-state index contributed by atoms with van der Waals surface area (Å²) in [6.45, 7) is 6.37. The van der Waals surface area contributed by atoms with Gasteiger partial charge in [0.05, 0.1) is 0 Å². The molecule has 0 fully saturated rings. The fourth-order valence-electron chi connectivity index (χ4n) is 0.995. The van der Waals surface area contributed by atoms with Gasteiger partial charge in [-0.1, -0.05) is 49.3 Å². The molecule has 0 atom stereocenters. The first kappa shape index (κ1) is 13.8. The van der Waals surface area contributed by atoms with Crippen LogP contribution in [0.1, 0.15) is 33.6 Å². The van der Waals surface area contributed by atoms with Gasteiger partial charge >= 0.3 is 0 Å². The van der Waals surface area contributed by atoms with Crippen LogP contribution in [-0.4, -0.2) is 7.05 Å². The highest BCUT2D eigenvalue weighted by molar-refractivity contribution is 5.22. The molecule has 0 heterocycles. The predicted molar refractivity (Wildman–Crippen MR) is 69.8 cm³/mol. The Hall–Kier alpha value is -1.24. The zero-order valence-corrected chi connectivity index (χ0v) is 10.4. The van der Waals surface area contributed by atoms with Gasteiger partial charge in [0, 0.05) is 12.7 Å². The number of hydrogen-bond donors (Lipinski definition) is 1. The normalized spacial score (nSPS) is 14.1. The molecule has 0 saturated heterocycles. The number of unbranched alkanes of at least 4 members (excludes halogenated alkanes) is 1. The van der Waals surface area contributed by atoms with Crippen molar-refractivity contribution in [3.8, 4) is 0 Å². The first-order valence-corrected chi connectivity index (χ1v) is 5.56. The van der Waals surface area contributed by atoms with E-state index >= 15 is 0 Å². The highest BCUT2D eigenvalue weighted by atomic mass is 14.8. The van der Waals surface area contributed by atoms with E-state index in [4.69, 9.17) is 0 Å². The third kappa shape index (κ3) is 9.07. The summed E-state index contributed by atoms with van der Waals surface area (Å²) < 4.78 is 0. The van der Waals surface area contributed by atoms with E-state index in [2.05, 4.69) is 43.5 Å². The average Bonchev–Trinajstić information content (AvgIpc) is 2.25. The van der Waals surface area contributed by atoms with E-state index in [0.717, 1.165) is 5.70 Å². The lowest BCUT2D eigenvalue weighted by atomic mass is 10.2. The topological polar surface area (TPSA) is 12.0 Å². The Bertz CT molecular complexity index is 267. The second-order valence-electron chi connectivity index (χ2n) is 3.58. The highest BCUT2D eigenvalue weighted by Gasteiger charge is 1.79. The second-order valence-corrected chi connectivity index (χ2v) is 3.58. The van der Waals surface area contributed by atoms with Crippen molar-refractivity contribution in [3.05, 3.63) is 47.7 Å². The van der Waals surface area contributed by atoms with Crippen LogP contribution in [0.15, 0.2) is 47.7 Å². The lowest BCUT2D eigenvalue weighted by Gasteiger charge is -1.93. The largest absolute Gasteiger partial charge is 0.392 e. The lowest BCUT2D eigenvalue weighted by molar-refractivity contribution is 0.952. The predicted octanol–water partition coefficient (Wildman–Crippen LogP) is 3.97. The van der Waals surface area contributed by atoms with Crippen LogP contribution in [0.5, 0.6) is 0 Å². The minimum atomic E-state index is 1.16. The molecule has 0 aromatic carbocycles. The maximum absolute atomic E-state index is 3.07. The van der Waals surface area contributed by atoms with E-state index in [-0.39, 0.29) is 0 Å². The molecule has 0 amide bonds. The third-order valence-corrected chi connectivity index (χ3v) is 2.08. The molecule has 0 radical (unpaired) electrons. The Morgan fingerprint density at radius 3 is 2.47 bits per heavy atom. The van der Waals surface area contributed by atoms with Gasteiger partial charge in [-0.15, -0.1) is 0 Å². The van der Waals surface area contributed by atoms with Crippen molar-refractivity contribution in [2.45, 2.75) is 33.6 Å². The molecule has 0 aromatic heterocycles. The van der Waals surface area contributed by atoms with Crippen molar-refractivity contribution in [2.75, 3.05) is 7.05 Å². The summed E-state index contributed by atoms with van der Waals surface area (Å²) >= 11 is 0. The lowest BCUT2D eigenvalue weighted by Crippen LogP contribution is -2.00. The molecule has 0 aliphatic heterocycles. The second kappa shape index (κ2) is 9.32. The Morgan fingerprint density at radius 1 is 1.13 bits per heavy atom. The summed E-state index contributed by atoms with van der Waals surface area (Å²) in [7, 11) is 1.92. The summed E-state index contributed by atoms with van der Waals surface area (Å²) in [5, 5.41) is 3.07. The molecule has 0 aliphatic rings. The van der Waals surface area contributed by atoms with Gasteiger partial charge < -0.3 is 5.32 Å². The fraction of sp³-hybridized carbons (Fsp3) is 0.429. The quantitative estimate of drug-likeness (QED) is 0.647. The summed E-state index contributed by atoms with van der Waals surface area (Å²) in [5.41, 5.74) is 2.49. The van der Waals surface area contributed by atoms with Crippen LogP contribution in [0.3, 0.4) is 0 Å². The van der Waals surface area contributed by atoms with Crippen LogP contribution in [0.25, 0.3) is 0 Å². The molecule has 0 saturated carbocycles. The van der Waals surface area contributed by atoms with Gasteiger partial charge in [-0.2, -0.15) is 0 Å². The molecule has 0 aliphatic carbocycles. The van der Waals surface area contributed by atoms with Gasteiger partial charge in [0.1, 0.15) is 0 Å². The molecule has 15 heavy (non-hydrogen) atoms. The van der Waals surface area contributed by atoms with Gasteiger partial charge in [-0.3, -0.25) is 0 Å². The van der Waals surface area contributed by atoms with Crippen LogP contribution in [-0.2, 0) is 0 Å². The van der Waals surface area contributed by atoms with Crippen molar-refractivity contribution in [2.24, 2.45) is 0 Å². The molecule has 0 spiro atoms. The molecular formula is C14H23N. The van der Waals surface area contributed by atoms with Gasteiger partial charge in [-0.25, -0.2) is 0 Å². The summed E-state index contributed by atoms with van der Waals surface area (Å²) in [6.07, 6.45) is 15.0. The number of hydrogen-bond acceptors (Lipinski definition) is 1. The van der Waals surface area contributed by atoms with Gasteiger partial charge in [-0.05, 0) is 26.3 Å². The molecule has 1 N–H and O–H groups in total. The zero-order valence-electron chi connectivity index (χ0n) is 10.4. The standard InChI is InChI=1S/C14H23N/c1-5-6-10-13(2)11-8-7-9-12-14(3)15-4/h7-12,15H,5-6H2,1-4H3/b9-7-,11-8-,13-10+,14-12+. The Kier molecular flexibility index (Phi) is 8.55. The summed E-state index contributed by atoms with van der Waals surface area (Å²) in [4.78, 5) is 0. The minimum Gasteiger partial charge on any atom is -0.392 e. The number of rotatable bonds is 6. The molecule has 0 aromatic rings. The van der Waals surface area contributed by atoms with Crippen molar-refractivity contribution in [1.82, 2.24) is 5.32 Å². The average molecular weight is 205 g/mol. The van der Waals surface area contributed by atoms with Crippen molar-refractivity contribution < 1.29 is 0 Å². The molecular weight excluding hydrogens is 182 g/mol. The van der Waals surface area contributed by atoms with Crippen LogP contribution < -0.4 is 5.32 Å². The van der Waals surface area contributed by atoms with Crippen LogP contribution in [0.2, 0.25) is 0 Å². The Balaban J connectivity index is 3.98. The van der Waals surface area contributed by atoms with Crippen molar-refractivity contribution in [1.29, 1.82) is 0 Å². The maximum Gasteiger partial charge on any atom is 0.00724 e.